The van der Waals surface area contributed by atoms with E-state index >= 15 is 0 Å². The van der Waals surface area contributed by atoms with E-state index in [0.29, 0.717) is 44.4 Å². The molecule has 0 fully saturated rings. The molecule has 0 aliphatic rings. The minimum atomic E-state index is 0.0603. The van der Waals surface area contributed by atoms with Gasteiger partial charge in [-0.15, -0.1) is 0 Å². The molecule has 2 heterocycles. The number of rotatable bonds is 13. The minimum absolute atomic E-state index is 0.0603. The third-order valence-electron chi connectivity index (χ3n) is 4.76. The molecule has 1 aromatic carbocycles. The monoisotopic (exact) mass is 442 g/mol. The summed E-state index contributed by atoms with van der Waals surface area (Å²) < 4.78 is 7.20. The molecule has 0 radical (unpaired) electrons. The van der Waals surface area contributed by atoms with E-state index in [4.69, 9.17) is 4.74 Å². The average molecular weight is 443 g/mol. The molecule has 0 atom stereocenters. The van der Waals surface area contributed by atoms with E-state index in [2.05, 4.69) is 37.8 Å². The van der Waals surface area contributed by atoms with Gasteiger partial charge in [-0.1, -0.05) is 42.1 Å². The molecule has 0 aliphatic heterocycles. The molecule has 31 heavy (non-hydrogen) atoms. The molecular formula is C22H30N6O2S. The number of carbonyl (C=O) groups is 1. The van der Waals surface area contributed by atoms with Crippen LogP contribution in [0, 0.1) is 0 Å². The Balaban J connectivity index is 1.52. The van der Waals surface area contributed by atoms with Crippen molar-refractivity contribution in [1.29, 1.82) is 0 Å². The van der Waals surface area contributed by atoms with Crippen LogP contribution >= 0.6 is 11.8 Å². The molecule has 0 unspecified atom stereocenters. The van der Waals surface area contributed by atoms with Gasteiger partial charge in [0, 0.05) is 26.1 Å². The van der Waals surface area contributed by atoms with Crippen molar-refractivity contribution in [3.63, 3.8) is 0 Å². The maximum absolute atomic E-state index is 12.2. The van der Waals surface area contributed by atoms with Gasteiger partial charge in [-0.25, -0.2) is 14.6 Å². The molecule has 0 saturated heterocycles. The number of thioether (sulfide) groups is 1. The number of aryl methyl sites for hydroxylation is 1. The highest BCUT2D eigenvalue weighted by Crippen LogP contribution is 2.23. The molecule has 166 valence electrons. The Bertz CT molecular complexity index is 963. The van der Waals surface area contributed by atoms with Crippen molar-refractivity contribution in [3.8, 4) is 0 Å². The van der Waals surface area contributed by atoms with Gasteiger partial charge in [0.1, 0.15) is 5.82 Å². The normalized spacial score (nSPS) is 11.0. The zero-order chi connectivity index (χ0) is 21.9. The maximum Gasteiger partial charge on any atom is 0.220 e. The molecule has 0 bridgehead atoms. The van der Waals surface area contributed by atoms with E-state index in [1.165, 1.54) is 17.3 Å². The molecule has 8 nitrogen and oxygen atoms in total. The van der Waals surface area contributed by atoms with Crippen LogP contribution in [0.5, 0.6) is 0 Å². The molecule has 0 saturated carbocycles. The number of amides is 1. The van der Waals surface area contributed by atoms with Crippen molar-refractivity contribution in [2.75, 3.05) is 37.9 Å². The van der Waals surface area contributed by atoms with Crippen molar-refractivity contribution in [1.82, 2.24) is 25.1 Å². The van der Waals surface area contributed by atoms with Gasteiger partial charge in [0.25, 0.3) is 0 Å². The number of benzene rings is 1. The lowest BCUT2D eigenvalue weighted by Gasteiger charge is -2.09. The van der Waals surface area contributed by atoms with Gasteiger partial charge in [0.05, 0.1) is 24.7 Å². The molecule has 0 spiro atoms. The first kappa shape index (κ1) is 23.0. The number of fused-ring (bicyclic) bond motifs is 1. The third kappa shape index (κ3) is 6.93. The van der Waals surface area contributed by atoms with Crippen molar-refractivity contribution in [2.24, 2.45) is 0 Å². The van der Waals surface area contributed by atoms with E-state index in [-0.39, 0.29) is 5.91 Å². The summed E-state index contributed by atoms with van der Waals surface area (Å²) in [7, 11) is 0. The summed E-state index contributed by atoms with van der Waals surface area (Å²) in [5, 5.41) is 12.3. The molecule has 3 aromatic rings. The van der Waals surface area contributed by atoms with Gasteiger partial charge in [-0.05, 0) is 31.6 Å². The largest absolute Gasteiger partial charge is 0.380 e. The van der Waals surface area contributed by atoms with Crippen LogP contribution in [0.25, 0.3) is 11.0 Å². The lowest BCUT2D eigenvalue weighted by atomic mass is 10.1. The van der Waals surface area contributed by atoms with E-state index in [9.17, 15) is 4.79 Å². The fourth-order valence-corrected chi connectivity index (χ4v) is 3.56. The minimum Gasteiger partial charge on any atom is -0.380 e. The second-order valence-electron chi connectivity index (χ2n) is 6.98. The fourth-order valence-electron chi connectivity index (χ4n) is 3.20. The van der Waals surface area contributed by atoms with Crippen molar-refractivity contribution >= 4 is 34.5 Å². The average Bonchev–Trinajstić information content (AvgIpc) is 3.20. The van der Waals surface area contributed by atoms with E-state index in [1.807, 2.05) is 36.1 Å². The summed E-state index contributed by atoms with van der Waals surface area (Å²) in [4.78, 5) is 21.3. The number of nitrogens with zero attached hydrogens (tertiary/aromatic N) is 4. The number of carbonyl (C=O) groups excluding carboxylic acids is 1. The van der Waals surface area contributed by atoms with Gasteiger partial charge in [-0.2, -0.15) is 5.10 Å². The Morgan fingerprint density at radius 3 is 2.81 bits per heavy atom. The van der Waals surface area contributed by atoms with Crippen LogP contribution in [0.2, 0.25) is 0 Å². The Morgan fingerprint density at radius 1 is 1.19 bits per heavy atom. The Morgan fingerprint density at radius 2 is 2.03 bits per heavy atom. The summed E-state index contributed by atoms with van der Waals surface area (Å²) in [6.07, 6.45) is 5.97. The molecule has 3 rings (SSSR count). The topological polar surface area (TPSA) is 94.0 Å². The van der Waals surface area contributed by atoms with Crippen LogP contribution in [0.1, 0.15) is 25.3 Å². The molecule has 2 aromatic heterocycles. The standard InChI is InChI=1S/C22H30N6O2S/c1-3-30-15-13-24-20-18-16-25-28(21(18)27-22(26-20)31-2)14-12-23-19(29)11-7-10-17-8-5-4-6-9-17/h4-6,8-9,16H,3,7,10-15H2,1-2H3,(H,23,29)(H,24,26,27). The van der Waals surface area contributed by atoms with E-state index in [0.717, 1.165) is 29.7 Å². The molecular weight excluding hydrogens is 412 g/mol. The smallest absolute Gasteiger partial charge is 0.220 e. The first-order chi connectivity index (χ1) is 15.2. The SMILES string of the molecule is CCOCCNc1nc(SC)nc2c1cnn2CCNC(=O)CCCc1ccccc1. The fraction of sp³-hybridized carbons (Fsp3) is 0.455. The van der Waals surface area contributed by atoms with Crippen LogP contribution in [-0.2, 0) is 22.5 Å². The number of anilines is 1. The number of aromatic nitrogens is 4. The lowest BCUT2D eigenvalue weighted by molar-refractivity contribution is -0.121. The Hall–Kier alpha value is -2.65. The summed E-state index contributed by atoms with van der Waals surface area (Å²) in [5.74, 6) is 0.815. The highest BCUT2D eigenvalue weighted by molar-refractivity contribution is 7.98. The first-order valence-electron chi connectivity index (χ1n) is 10.6. The number of hydrogen-bond acceptors (Lipinski definition) is 7. The second-order valence-corrected chi connectivity index (χ2v) is 7.75. The molecule has 1 amide bonds. The van der Waals surface area contributed by atoms with Crippen LogP contribution in [0.4, 0.5) is 5.82 Å². The third-order valence-corrected chi connectivity index (χ3v) is 5.31. The second kappa shape index (κ2) is 12.3. The summed E-state index contributed by atoms with van der Waals surface area (Å²) in [6.45, 7) is 5.00. The van der Waals surface area contributed by atoms with Crippen molar-refractivity contribution < 1.29 is 9.53 Å². The molecule has 2 N–H and O–H groups in total. The molecule has 0 aliphatic carbocycles. The summed E-state index contributed by atoms with van der Waals surface area (Å²) in [5.41, 5.74) is 2.02. The zero-order valence-electron chi connectivity index (χ0n) is 18.1. The highest BCUT2D eigenvalue weighted by Gasteiger charge is 2.13. The molecule has 9 heteroatoms. The predicted molar refractivity (Wildman–Crippen MR) is 124 cm³/mol. The van der Waals surface area contributed by atoms with Gasteiger partial charge >= 0.3 is 0 Å². The lowest BCUT2D eigenvalue weighted by Crippen LogP contribution is -2.27. The van der Waals surface area contributed by atoms with E-state index in [1.54, 1.807) is 6.20 Å². The van der Waals surface area contributed by atoms with Gasteiger partial charge in [0.2, 0.25) is 5.91 Å². The quantitative estimate of drug-likeness (QED) is 0.239. The first-order valence-corrected chi connectivity index (χ1v) is 11.8. The van der Waals surface area contributed by atoms with Crippen LogP contribution in [0.3, 0.4) is 0 Å². The summed E-state index contributed by atoms with van der Waals surface area (Å²) in [6, 6.07) is 10.2. The van der Waals surface area contributed by atoms with E-state index < -0.39 is 0 Å². The van der Waals surface area contributed by atoms with Crippen molar-refractivity contribution in [3.05, 3.63) is 42.1 Å². The zero-order valence-corrected chi connectivity index (χ0v) is 19.0. The Kier molecular flexibility index (Phi) is 9.11. The number of nitrogens with one attached hydrogen (secondary N) is 2. The Labute approximate surface area is 187 Å². The van der Waals surface area contributed by atoms with Crippen molar-refractivity contribution in [2.45, 2.75) is 37.9 Å². The van der Waals surface area contributed by atoms with Crippen LogP contribution < -0.4 is 10.6 Å². The van der Waals surface area contributed by atoms with Gasteiger partial charge in [-0.3, -0.25) is 4.79 Å². The van der Waals surface area contributed by atoms with Gasteiger partial charge in [0.15, 0.2) is 10.8 Å². The maximum atomic E-state index is 12.2. The number of hydrogen-bond donors (Lipinski definition) is 2. The van der Waals surface area contributed by atoms with Gasteiger partial charge < -0.3 is 15.4 Å². The van der Waals surface area contributed by atoms with Crippen LogP contribution in [0.15, 0.2) is 41.7 Å². The number of ether oxygens (including phenoxy) is 1. The summed E-state index contributed by atoms with van der Waals surface area (Å²) >= 11 is 1.49. The highest BCUT2D eigenvalue weighted by atomic mass is 32.2. The predicted octanol–water partition coefficient (Wildman–Crippen LogP) is 3.14. The van der Waals surface area contributed by atoms with Crippen LogP contribution in [-0.4, -0.2) is 58.2 Å².